The van der Waals surface area contributed by atoms with Gasteiger partial charge in [0.05, 0.1) is 5.69 Å². The first-order chi connectivity index (χ1) is 5.27. The molecule has 0 fully saturated rings. The van der Waals surface area contributed by atoms with Crippen molar-refractivity contribution in [2.45, 2.75) is 13.3 Å². The molecule has 0 heterocycles. The highest BCUT2D eigenvalue weighted by atomic mass is 19.1. The molecule has 1 aromatic carbocycles. The molecule has 0 unspecified atom stereocenters. The molecule has 1 rings (SSSR count). The fourth-order valence-corrected chi connectivity index (χ4v) is 0.896. The highest BCUT2D eigenvalue weighted by Gasteiger charge is 1.99. The van der Waals surface area contributed by atoms with Gasteiger partial charge in [0, 0.05) is 0 Å². The first-order valence-corrected chi connectivity index (χ1v) is 3.53. The third-order valence-corrected chi connectivity index (χ3v) is 1.60. The second-order valence-electron chi connectivity index (χ2n) is 2.31. The molecule has 2 nitrogen and oxygen atoms in total. The van der Waals surface area contributed by atoms with Crippen LogP contribution in [-0.2, 0) is 6.42 Å². The monoisotopic (exact) mass is 154 g/mol. The van der Waals surface area contributed by atoms with E-state index in [1.807, 2.05) is 13.0 Å². The molecule has 0 aliphatic heterocycles. The van der Waals surface area contributed by atoms with Gasteiger partial charge in [-0.15, -0.1) is 0 Å². The zero-order valence-electron chi connectivity index (χ0n) is 6.39. The third-order valence-electron chi connectivity index (χ3n) is 1.60. The Labute approximate surface area is 65.2 Å². The molecule has 0 saturated carbocycles. The van der Waals surface area contributed by atoms with Gasteiger partial charge in [-0.2, -0.15) is 0 Å². The molecule has 0 radical (unpaired) electrons. The number of hydrazine groups is 1. The van der Waals surface area contributed by atoms with Crippen LogP contribution in [0.3, 0.4) is 0 Å². The number of hydrogen-bond donors (Lipinski definition) is 2. The van der Waals surface area contributed by atoms with Crippen molar-refractivity contribution in [2.75, 3.05) is 5.43 Å². The summed E-state index contributed by atoms with van der Waals surface area (Å²) in [6.45, 7) is 1.98. The highest BCUT2D eigenvalue weighted by molar-refractivity contribution is 5.44. The summed E-state index contributed by atoms with van der Waals surface area (Å²) in [6, 6.07) is 4.96. The van der Waals surface area contributed by atoms with E-state index in [0.29, 0.717) is 5.69 Å². The minimum atomic E-state index is -0.299. The molecule has 60 valence electrons. The van der Waals surface area contributed by atoms with Gasteiger partial charge in [0.25, 0.3) is 0 Å². The van der Waals surface area contributed by atoms with Gasteiger partial charge in [0.1, 0.15) is 5.82 Å². The zero-order chi connectivity index (χ0) is 8.27. The Morgan fingerprint density at radius 1 is 1.55 bits per heavy atom. The van der Waals surface area contributed by atoms with Crippen LogP contribution in [0.4, 0.5) is 10.1 Å². The summed E-state index contributed by atoms with van der Waals surface area (Å²) in [6.07, 6.45) is 0.835. The molecule has 0 aliphatic carbocycles. The first kappa shape index (κ1) is 8.01. The van der Waals surface area contributed by atoms with Crippen molar-refractivity contribution >= 4 is 5.69 Å². The molecular weight excluding hydrogens is 143 g/mol. The zero-order valence-corrected chi connectivity index (χ0v) is 6.39. The lowest BCUT2D eigenvalue weighted by atomic mass is 10.1. The van der Waals surface area contributed by atoms with Crippen LogP contribution in [0.2, 0.25) is 0 Å². The van der Waals surface area contributed by atoms with E-state index in [0.717, 1.165) is 12.0 Å². The average molecular weight is 154 g/mol. The summed E-state index contributed by atoms with van der Waals surface area (Å²) >= 11 is 0. The lowest BCUT2D eigenvalue weighted by Gasteiger charge is -2.02. The van der Waals surface area contributed by atoms with E-state index in [1.165, 1.54) is 6.07 Å². The van der Waals surface area contributed by atoms with Gasteiger partial charge in [0.15, 0.2) is 0 Å². The fraction of sp³-hybridized carbons (Fsp3) is 0.250. The van der Waals surface area contributed by atoms with Crippen molar-refractivity contribution in [3.63, 3.8) is 0 Å². The Balaban J connectivity index is 2.99. The van der Waals surface area contributed by atoms with E-state index in [2.05, 4.69) is 5.43 Å². The van der Waals surface area contributed by atoms with Crippen LogP contribution in [0.1, 0.15) is 12.5 Å². The smallest absolute Gasteiger partial charge is 0.147 e. The number of nitrogen functional groups attached to an aromatic ring is 1. The third kappa shape index (κ3) is 1.68. The largest absolute Gasteiger partial charge is 0.321 e. The predicted molar refractivity (Wildman–Crippen MR) is 43.6 cm³/mol. The predicted octanol–water partition coefficient (Wildman–Crippen LogP) is 1.67. The second kappa shape index (κ2) is 3.34. The molecule has 0 bridgehead atoms. The standard InChI is InChI=1S/C8H11FN2/c1-2-6-3-4-8(11-10)7(9)5-6/h3-5,11H,2,10H2,1H3. The Bertz CT molecular complexity index is 248. The number of halogens is 1. The van der Waals surface area contributed by atoms with E-state index < -0.39 is 0 Å². The van der Waals surface area contributed by atoms with E-state index in [4.69, 9.17) is 5.84 Å². The molecule has 0 saturated heterocycles. The molecule has 0 aromatic heterocycles. The van der Waals surface area contributed by atoms with Gasteiger partial charge in [0.2, 0.25) is 0 Å². The van der Waals surface area contributed by atoms with Gasteiger partial charge in [-0.3, -0.25) is 5.84 Å². The summed E-state index contributed by atoms with van der Waals surface area (Å²) in [4.78, 5) is 0. The van der Waals surface area contributed by atoms with Crippen molar-refractivity contribution < 1.29 is 4.39 Å². The van der Waals surface area contributed by atoms with E-state index in [9.17, 15) is 4.39 Å². The number of benzene rings is 1. The number of hydrogen-bond acceptors (Lipinski definition) is 2. The van der Waals surface area contributed by atoms with Crippen LogP contribution in [-0.4, -0.2) is 0 Å². The van der Waals surface area contributed by atoms with Gasteiger partial charge in [-0.05, 0) is 24.1 Å². The van der Waals surface area contributed by atoms with Crippen LogP contribution in [0.25, 0.3) is 0 Å². The van der Waals surface area contributed by atoms with Gasteiger partial charge < -0.3 is 5.43 Å². The normalized spacial score (nSPS) is 9.73. The van der Waals surface area contributed by atoms with Crippen LogP contribution in [0, 0.1) is 5.82 Å². The van der Waals surface area contributed by atoms with Crippen molar-refractivity contribution in [2.24, 2.45) is 5.84 Å². The number of rotatable bonds is 2. The Kier molecular flexibility index (Phi) is 2.44. The van der Waals surface area contributed by atoms with Crippen molar-refractivity contribution in [1.29, 1.82) is 0 Å². The summed E-state index contributed by atoms with van der Waals surface area (Å²) in [7, 11) is 0. The highest BCUT2D eigenvalue weighted by Crippen LogP contribution is 2.14. The molecule has 1 aromatic rings. The number of anilines is 1. The summed E-state index contributed by atoms with van der Waals surface area (Å²) in [5.41, 5.74) is 3.58. The Morgan fingerprint density at radius 2 is 2.27 bits per heavy atom. The minimum absolute atomic E-state index is 0.299. The summed E-state index contributed by atoms with van der Waals surface area (Å²) < 4.78 is 12.9. The minimum Gasteiger partial charge on any atom is -0.321 e. The summed E-state index contributed by atoms with van der Waals surface area (Å²) in [5.74, 6) is 4.75. The van der Waals surface area contributed by atoms with Crippen LogP contribution in [0.5, 0.6) is 0 Å². The lowest BCUT2D eigenvalue weighted by Crippen LogP contribution is -2.08. The van der Waals surface area contributed by atoms with Crippen LogP contribution < -0.4 is 11.3 Å². The van der Waals surface area contributed by atoms with Crippen molar-refractivity contribution in [3.8, 4) is 0 Å². The van der Waals surface area contributed by atoms with Crippen molar-refractivity contribution in [3.05, 3.63) is 29.6 Å². The quantitative estimate of drug-likeness (QED) is 0.502. The molecule has 0 spiro atoms. The average Bonchev–Trinajstić information content (AvgIpc) is 2.04. The van der Waals surface area contributed by atoms with Gasteiger partial charge in [-0.25, -0.2) is 4.39 Å². The molecule has 3 N–H and O–H groups in total. The second-order valence-corrected chi connectivity index (χ2v) is 2.31. The van der Waals surface area contributed by atoms with Crippen LogP contribution in [0.15, 0.2) is 18.2 Å². The number of aryl methyl sites for hydroxylation is 1. The van der Waals surface area contributed by atoms with E-state index in [1.54, 1.807) is 6.07 Å². The lowest BCUT2D eigenvalue weighted by molar-refractivity contribution is 0.628. The van der Waals surface area contributed by atoms with Crippen LogP contribution >= 0.6 is 0 Å². The van der Waals surface area contributed by atoms with E-state index in [-0.39, 0.29) is 5.82 Å². The molecule has 3 heteroatoms. The van der Waals surface area contributed by atoms with E-state index >= 15 is 0 Å². The maximum absolute atomic E-state index is 12.9. The fourth-order valence-electron chi connectivity index (χ4n) is 0.896. The number of nitrogens with one attached hydrogen (secondary N) is 1. The molecule has 0 aliphatic rings. The number of nitrogens with two attached hydrogens (primary N) is 1. The SMILES string of the molecule is CCc1ccc(NN)c(F)c1. The topological polar surface area (TPSA) is 38.0 Å². The maximum atomic E-state index is 12.9. The van der Waals surface area contributed by atoms with Gasteiger partial charge in [-0.1, -0.05) is 13.0 Å². The molecule has 0 atom stereocenters. The Hall–Kier alpha value is -1.09. The molecular formula is C8H11FN2. The molecule has 0 amide bonds. The summed E-state index contributed by atoms with van der Waals surface area (Å²) in [5, 5.41) is 0. The van der Waals surface area contributed by atoms with Gasteiger partial charge >= 0.3 is 0 Å². The van der Waals surface area contributed by atoms with Crippen molar-refractivity contribution in [1.82, 2.24) is 0 Å². The first-order valence-electron chi connectivity index (χ1n) is 3.53. The maximum Gasteiger partial charge on any atom is 0.147 e. The molecule has 11 heavy (non-hydrogen) atoms. The Morgan fingerprint density at radius 3 is 2.73 bits per heavy atom.